The lowest BCUT2D eigenvalue weighted by Crippen LogP contribution is -2.35. The summed E-state index contributed by atoms with van der Waals surface area (Å²) in [5, 5.41) is 18.1. The van der Waals surface area contributed by atoms with Crippen LogP contribution in [0.15, 0.2) is 18.2 Å². The summed E-state index contributed by atoms with van der Waals surface area (Å²) in [5.74, 6) is 0. The van der Waals surface area contributed by atoms with Crippen molar-refractivity contribution in [1.29, 1.82) is 5.26 Å². The lowest BCUT2D eigenvalue weighted by Gasteiger charge is -2.31. The number of benzene rings is 1. The van der Waals surface area contributed by atoms with Crippen LogP contribution in [0.4, 0.5) is 18.9 Å². The molecule has 21 heavy (non-hydrogen) atoms. The summed E-state index contributed by atoms with van der Waals surface area (Å²) >= 11 is 0. The summed E-state index contributed by atoms with van der Waals surface area (Å²) in [6, 6.07) is 5.46. The second kappa shape index (κ2) is 6.35. The van der Waals surface area contributed by atoms with Crippen LogP contribution in [-0.2, 0) is 6.18 Å². The van der Waals surface area contributed by atoms with Crippen molar-refractivity contribution in [3.05, 3.63) is 29.3 Å². The summed E-state index contributed by atoms with van der Waals surface area (Å²) in [6.45, 7) is 0.292. The molecule has 0 unspecified atom stereocenters. The zero-order chi connectivity index (χ0) is 15.5. The fourth-order valence-electron chi connectivity index (χ4n) is 2.90. The van der Waals surface area contributed by atoms with Crippen LogP contribution in [0.5, 0.6) is 0 Å². The molecule has 0 spiro atoms. The molecule has 1 aromatic carbocycles. The Balaban J connectivity index is 2.35. The highest BCUT2D eigenvalue weighted by atomic mass is 19.4. The maximum atomic E-state index is 12.8. The number of aliphatic hydroxyl groups is 1. The summed E-state index contributed by atoms with van der Waals surface area (Å²) < 4.78 is 38.4. The van der Waals surface area contributed by atoms with Crippen molar-refractivity contribution in [2.75, 3.05) is 18.1 Å². The molecule has 0 atom stereocenters. The average Bonchev–Trinajstić information content (AvgIpc) is 2.97. The highest BCUT2D eigenvalue weighted by Gasteiger charge is 2.34. The van der Waals surface area contributed by atoms with E-state index in [1.165, 1.54) is 12.1 Å². The van der Waals surface area contributed by atoms with E-state index >= 15 is 0 Å². The number of nitriles is 1. The highest BCUT2D eigenvalue weighted by Crippen LogP contribution is 2.35. The van der Waals surface area contributed by atoms with E-state index in [0.717, 1.165) is 31.7 Å². The molecule has 1 saturated carbocycles. The van der Waals surface area contributed by atoms with Gasteiger partial charge in [0.1, 0.15) is 0 Å². The molecule has 1 fully saturated rings. The van der Waals surface area contributed by atoms with E-state index in [1.807, 2.05) is 4.90 Å². The molecule has 0 radical (unpaired) electrons. The van der Waals surface area contributed by atoms with Gasteiger partial charge in [0.15, 0.2) is 0 Å². The molecular weight excluding hydrogens is 281 g/mol. The third-order valence-corrected chi connectivity index (χ3v) is 3.87. The third kappa shape index (κ3) is 3.48. The van der Waals surface area contributed by atoms with Gasteiger partial charge in [-0.05, 0) is 31.0 Å². The van der Waals surface area contributed by atoms with Crippen molar-refractivity contribution in [2.24, 2.45) is 0 Å². The average molecular weight is 298 g/mol. The zero-order valence-electron chi connectivity index (χ0n) is 11.5. The van der Waals surface area contributed by atoms with Crippen LogP contribution < -0.4 is 4.90 Å². The van der Waals surface area contributed by atoms with Crippen LogP contribution in [0.25, 0.3) is 0 Å². The fourth-order valence-corrected chi connectivity index (χ4v) is 2.90. The minimum Gasteiger partial charge on any atom is -0.395 e. The van der Waals surface area contributed by atoms with Crippen molar-refractivity contribution in [3.63, 3.8) is 0 Å². The van der Waals surface area contributed by atoms with Gasteiger partial charge in [0.2, 0.25) is 0 Å². The van der Waals surface area contributed by atoms with Crippen molar-refractivity contribution in [1.82, 2.24) is 0 Å². The first-order chi connectivity index (χ1) is 9.97. The number of hydrogen-bond acceptors (Lipinski definition) is 3. The predicted molar refractivity (Wildman–Crippen MR) is 72.8 cm³/mol. The molecular formula is C15H17F3N2O. The number of alkyl halides is 3. The van der Waals surface area contributed by atoms with Crippen LogP contribution in [0.3, 0.4) is 0 Å². The number of halogens is 3. The molecule has 1 aromatic rings. The molecule has 0 amide bonds. The molecule has 2 rings (SSSR count). The Labute approximate surface area is 121 Å². The molecule has 0 heterocycles. The van der Waals surface area contributed by atoms with Crippen LogP contribution >= 0.6 is 0 Å². The lowest BCUT2D eigenvalue weighted by molar-refractivity contribution is -0.137. The topological polar surface area (TPSA) is 47.3 Å². The van der Waals surface area contributed by atoms with Gasteiger partial charge in [-0.15, -0.1) is 0 Å². The highest BCUT2D eigenvalue weighted by molar-refractivity contribution is 5.56. The predicted octanol–water partition coefficient (Wildman–Crippen LogP) is 3.32. The van der Waals surface area contributed by atoms with Gasteiger partial charge in [-0.3, -0.25) is 0 Å². The maximum Gasteiger partial charge on any atom is 0.417 e. The van der Waals surface area contributed by atoms with Crippen LogP contribution in [0, 0.1) is 11.3 Å². The molecule has 3 nitrogen and oxygen atoms in total. The number of nitrogens with zero attached hydrogens (tertiary/aromatic N) is 2. The van der Waals surface area contributed by atoms with Gasteiger partial charge in [0.05, 0.1) is 23.8 Å². The lowest BCUT2D eigenvalue weighted by atomic mass is 10.1. The molecule has 1 aliphatic rings. The van der Waals surface area contributed by atoms with Crippen molar-refractivity contribution in [2.45, 2.75) is 37.9 Å². The third-order valence-electron chi connectivity index (χ3n) is 3.87. The van der Waals surface area contributed by atoms with Gasteiger partial charge in [0.25, 0.3) is 0 Å². The molecule has 6 heteroatoms. The normalized spacial score (nSPS) is 16.0. The van der Waals surface area contributed by atoms with Crippen LogP contribution in [0.1, 0.15) is 36.8 Å². The van der Waals surface area contributed by atoms with Crippen molar-refractivity contribution >= 4 is 5.69 Å². The molecule has 0 aliphatic heterocycles. The number of aliphatic hydroxyl groups excluding tert-OH is 1. The van der Waals surface area contributed by atoms with Gasteiger partial charge < -0.3 is 10.0 Å². The van der Waals surface area contributed by atoms with Gasteiger partial charge in [-0.25, -0.2) is 0 Å². The maximum absolute atomic E-state index is 12.8. The first-order valence-corrected chi connectivity index (χ1v) is 6.96. The number of anilines is 1. The Morgan fingerprint density at radius 1 is 1.29 bits per heavy atom. The fraction of sp³-hybridized carbons (Fsp3) is 0.533. The Bertz CT molecular complexity index is 531. The minimum absolute atomic E-state index is 0.0700. The largest absolute Gasteiger partial charge is 0.417 e. The SMILES string of the molecule is N#Cc1cc(N(CCO)C2CCCC2)ccc1C(F)(F)F. The molecule has 0 bridgehead atoms. The van der Waals surface area contributed by atoms with E-state index in [9.17, 15) is 18.3 Å². The van der Waals surface area contributed by atoms with Crippen LogP contribution in [0.2, 0.25) is 0 Å². The van der Waals surface area contributed by atoms with E-state index in [1.54, 1.807) is 6.07 Å². The number of hydrogen-bond donors (Lipinski definition) is 1. The zero-order valence-corrected chi connectivity index (χ0v) is 11.5. The summed E-state index contributed by atoms with van der Waals surface area (Å²) in [4.78, 5) is 1.91. The van der Waals surface area contributed by atoms with Gasteiger partial charge in [0, 0.05) is 18.3 Å². The molecule has 114 valence electrons. The summed E-state index contributed by atoms with van der Waals surface area (Å²) in [6.07, 6.45) is -0.443. The van der Waals surface area contributed by atoms with Crippen molar-refractivity contribution < 1.29 is 18.3 Å². The minimum atomic E-state index is -4.53. The van der Waals surface area contributed by atoms with Gasteiger partial charge >= 0.3 is 6.18 Å². The quantitative estimate of drug-likeness (QED) is 0.927. The number of rotatable bonds is 4. The first kappa shape index (κ1) is 15.6. The second-order valence-corrected chi connectivity index (χ2v) is 5.19. The molecule has 0 saturated heterocycles. The molecule has 1 aliphatic carbocycles. The molecule has 0 aromatic heterocycles. The van der Waals surface area contributed by atoms with Gasteiger partial charge in [-0.1, -0.05) is 12.8 Å². The monoisotopic (exact) mass is 298 g/mol. The Kier molecular flexibility index (Phi) is 4.73. The van der Waals surface area contributed by atoms with Crippen molar-refractivity contribution in [3.8, 4) is 6.07 Å². The van der Waals surface area contributed by atoms with E-state index in [-0.39, 0.29) is 18.2 Å². The Morgan fingerprint density at radius 2 is 1.95 bits per heavy atom. The van der Waals surface area contributed by atoms with Gasteiger partial charge in [-0.2, -0.15) is 18.4 Å². The van der Waals surface area contributed by atoms with Crippen LogP contribution in [-0.4, -0.2) is 24.3 Å². The Morgan fingerprint density at radius 3 is 2.48 bits per heavy atom. The smallest absolute Gasteiger partial charge is 0.395 e. The Hall–Kier alpha value is -1.74. The van der Waals surface area contributed by atoms with E-state index in [2.05, 4.69) is 0 Å². The molecule has 1 N–H and O–H groups in total. The van der Waals surface area contributed by atoms with E-state index in [0.29, 0.717) is 12.2 Å². The summed E-state index contributed by atoms with van der Waals surface area (Å²) in [5.41, 5.74) is -0.717. The first-order valence-electron chi connectivity index (χ1n) is 6.96. The van der Waals surface area contributed by atoms with E-state index in [4.69, 9.17) is 5.26 Å². The summed E-state index contributed by atoms with van der Waals surface area (Å²) in [7, 11) is 0. The standard InChI is InChI=1S/C15H17F3N2O/c16-15(17,18)14-6-5-13(9-11(14)10-19)20(7-8-21)12-3-1-2-4-12/h5-6,9,12,21H,1-4,7-8H2. The second-order valence-electron chi connectivity index (χ2n) is 5.19. The van der Waals surface area contributed by atoms with E-state index < -0.39 is 11.7 Å².